The molecule has 0 saturated carbocycles. The maximum absolute atomic E-state index is 13.5. The van der Waals surface area contributed by atoms with Crippen molar-refractivity contribution in [2.75, 3.05) is 12.9 Å². The first-order valence-corrected chi connectivity index (χ1v) is 6.99. The highest BCUT2D eigenvalue weighted by molar-refractivity contribution is 8.13. The van der Waals surface area contributed by atoms with Gasteiger partial charge in [0, 0.05) is 23.4 Å². The average molecular weight is 267 g/mol. The summed E-state index contributed by atoms with van der Waals surface area (Å²) in [4.78, 5) is 0. The van der Waals surface area contributed by atoms with Gasteiger partial charge in [0.15, 0.2) is 0 Å². The van der Waals surface area contributed by atoms with Gasteiger partial charge in [-0.15, -0.1) is 0 Å². The third-order valence-corrected chi connectivity index (χ3v) is 3.56. The number of methoxy groups -OCH3 is 1. The molecule has 1 unspecified atom stereocenters. The minimum Gasteiger partial charge on any atom is -0.373 e. The Hall–Kier alpha value is -0.650. The lowest BCUT2D eigenvalue weighted by atomic mass is 9.97. The van der Waals surface area contributed by atoms with Gasteiger partial charge in [0.1, 0.15) is 11.4 Å². The Kier molecular flexibility index (Phi) is 3.93. The smallest absolute Gasteiger partial charge is 0.235 e. The zero-order valence-corrected chi connectivity index (χ0v) is 10.5. The third kappa shape index (κ3) is 3.17. The second-order valence-corrected chi connectivity index (χ2v) is 6.37. The lowest BCUT2D eigenvalue weighted by Crippen LogP contribution is -2.32. The van der Waals surface area contributed by atoms with Crippen molar-refractivity contribution in [1.82, 2.24) is 0 Å². The Balaban J connectivity index is 3.20. The molecule has 0 heterocycles. The Morgan fingerprint density at radius 1 is 1.44 bits per heavy atom. The number of benzene rings is 1. The van der Waals surface area contributed by atoms with E-state index < -0.39 is 26.2 Å². The summed E-state index contributed by atoms with van der Waals surface area (Å²) in [6, 6.07) is 5.84. The molecule has 0 aliphatic rings. The van der Waals surface area contributed by atoms with E-state index in [2.05, 4.69) is 0 Å². The molecular weight excluding hydrogens is 255 g/mol. The molecule has 0 aliphatic carbocycles. The molecule has 0 fully saturated rings. The van der Waals surface area contributed by atoms with Gasteiger partial charge in [0.05, 0.1) is 5.75 Å². The van der Waals surface area contributed by atoms with Crippen LogP contribution in [0.2, 0.25) is 0 Å². The number of hydrogen-bond donors (Lipinski definition) is 0. The van der Waals surface area contributed by atoms with Gasteiger partial charge in [-0.05, 0) is 13.0 Å². The first-order chi connectivity index (χ1) is 7.28. The van der Waals surface area contributed by atoms with Crippen LogP contribution in [-0.4, -0.2) is 21.3 Å². The van der Waals surface area contributed by atoms with Crippen molar-refractivity contribution in [1.29, 1.82) is 0 Å². The molecule has 1 atom stereocenters. The molecule has 3 nitrogen and oxygen atoms in total. The van der Waals surface area contributed by atoms with Gasteiger partial charge in [-0.3, -0.25) is 0 Å². The monoisotopic (exact) mass is 266 g/mol. The fraction of sp³-hybridized carbons (Fsp3) is 0.400. The molecular formula is C10H12ClFO3S. The Morgan fingerprint density at radius 3 is 2.44 bits per heavy atom. The quantitative estimate of drug-likeness (QED) is 0.785. The van der Waals surface area contributed by atoms with Gasteiger partial charge in [0.2, 0.25) is 9.05 Å². The van der Waals surface area contributed by atoms with Gasteiger partial charge in [-0.1, -0.05) is 18.2 Å². The minimum absolute atomic E-state index is 0.168. The van der Waals surface area contributed by atoms with Gasteiger partial charge in [0.25, 0.3) is 0 Å². The maximum Gasteiger partial charge on any atom is 0.235 e. The highest BCUT2D eigenvalue weighted by atomic mass is 35.7. The Bertz CT molecular complexity index is 475. The van der Waals surface area contributed by atoms with Crippen molar-refractivity contribution in [3.8, 4) is 0 Å². The summed E-state index contributed by atoms with van der Waals surface area (Å²) in [5.74, 6) is -1.01. The number of hydrogen-bond acceptors (Lipinski definition) is 3. The normalized spacial score (nSPS) is 15.8. The summed E-state index contributed by atoms with van der Waals surface area (Å²) < 4.78 is 40.7. The predicted molar refractivity (Wildman–Crippen MR) is 60.4 cm³/mol. The number of halogens is 2. The van der Waals surface area contributed by atoms with Crippen molar-refractivity contribution in [2.24, 2.45) is 0 Å². The van der Waals surface area contributed by atoms with Crippen LogP contribution in [0.5, 0.6) is 0 Å². The summed E-state index contributed by atoms with van der Waals surface area (Å²) >= 11 is 0. The molecule has 0 spiro atoms. The van der Waals surface area contributed by atoms with Crippen molar-refractivity contribution in [3.63, 3.8) is 0 Å². The molecule has 0 saturated heterocycles. The Morgan fingerprint density at radius 2 is 2.00 bits per heavy atom. The summed E-state index contributed by atoms with van der Waals surface area (Å²) in [6.07, 6.45) is 0. The van der Waals surface area contributed by atoms with Crippen molar-refractivity contribution in [3.05, 3.63) is 35.6 Å². The first-order valence-electron chi connectivity index (χ1n) is 4.51. The summed E-state index contributed by atoms with van der Waals surface area (Å²) in [5, 5.41) is 0. The van der Waals surface area contributed by atoms with Crippen LogP contribution >= 0.6 is 10.7 Å². The van der Waals surface area contributed by atoms with E-state index in [9.17, 15) is 12.8 Å². The van der Waals surface area contributed by atoms with Crippen LogP contribution in [-0.2, 0) is 19.4 Å². The molecule has 0 radical (unpaired) electrons. The van der Waals surface area contributed by atoms with Crippen molar-refractivity contribution < 1.29 is 17.5 Å². The largest absolute Gasteiger partial charge is 0.373 e. The van der Waals surface area contributed by atoms with Crippen LogP contribution in [0.25, 0.3) is 0 Å². The Labute approximate surface area is 98.6 Å². The van der Waals surface area contributed by atoms with Crippen molar-refractivity contribution >= 4 is 19.7 Å². The molecule has 6 heteroatoms. The van der Waals surface area contributed by atoms with E-state index >= 15 is 0 Å². The standard InChI is InChI=1S/C10H12ClFO3S/c1-10(15-2,7-16(11,13)14)8-5-3-4-6-9(8)12/h3-6H,7H2,1-2H3. The fourth-order valence-corrected chi connectivity index (χ4v) is 3.02. The number of rotatable bonds is 4. The van der Waals surface area contributed by atoms with Crippen LogP contribution in [0.4, 0.5) is 4.39 Å². The molecule has 0 bridgehead atoms. The van der Waals surface area contributed by atoms with E-state index in [1.807, 2.05) is 0 Å². The third-order valence-electron chi connectivity index (χ3n) is 2.34. The summed E-state index contributed by atoms with van der Waals surface area (Å²) in [7, 11) is 2.70. The lowest BCUT2D eigenvalue weighted by molar-refractivity contribution is 0.0196. The van der Waals surface area contributed by atoms with E-state index in [0.29, 0.717) is 0 Å². The predicted octanol–water partition coefficient (Wildman–Crippen LogP) is 2.26. The average Bonchev–Trinajstić information content (AvgIpc) is 2.15. The second-order valence-electron chi connectivity index (χ2n) is 3.60. The van der Waals surface area contributed by atoms with E-state index in [-0.39, 0.29) is 5.56 Å². The lowest BCUT2D eigenvalue weighted by Gasteiger charge is -2.27. The molecule has 1 rings (SSSR count). The van der Waals surface area contributed by atoms with Gasteiger partial charge < -0.3 is 4.74 Å². The second kappa shape index (κ2) is 4.69. The SMILES string of the molecule is COC(C)(CS(=O)(=O)Cl)c1ccccc1F. The zero-order chi connectivity index (χ0) is 12.4. The molecule has 16 heavy (non-hydrogen) atoms. The summed E-state index contributed by atoms with van der Waals surface area (Å²) in [6.45, 7) is 1.48. The first kappa shape index (κ1) is 13.4. The molecule has 0 amide bonds. The summed E-state index contributed by atoms with van der Waals surface area (Å²) in [5.41, 5.74) is -1.12. The van der Waals surface area contributed by atoms with E-state index in [1.54, 1.807) is 6.07 Å². The van der Waals surface area contributed by atoms with E-state index in [0.717, 1.165) is 0 Å². The zero-order valence-electron chi connectivity index (χ0n) is 8.91. The molecule has 0 aromatic heterocycles. The van der Waals surface area contributed by atoms with Crippen LogP contribution < -0.4 is 0 Å². The van der Waals surface area contributed by atoms with Crippen LogP contribution in [0.3, 0.4) is 0 Å². The molecule has 0 aliphatic heterocycles. The topological polar surface area (TPSA) is 43.4 Å². The highest BCUT2D eigenvalue weighted by Gasteiger charge is 2.34. The van der Waals surface area contributed by atoms with Gasteiger partial charge >= 0.3 is 0 Å². The van der Waals surface area contributed by atoms with Gasteiger partial charge in [-0.25, -0.2) is 12.8 Å². The van der Waals surface area contributed by atoms with Gasteiger partial charge in [-0.2, -0.15) is 0 Å². The van der Waals surface area contributed by atoms with E-state index in [1.165, 1.54) is 32.2 Å². The van der Waals surface area contributed by atoms with Crippen LogP contribution in [0, 0.1) is 5.82 Å². The van der Waals surface area contributed by atoms with Crippen LogP contribution in [0.15, 0.2) is 24.3 Å². The molecule has 0 N–H and O–H groups in total. The minimum atomic E-state index is -3.78. The fourth-order valence-electron chi connectivity index (χ4n) is 1.47. The maximum atomic E-state index is 13.5. The van der Waals surface area contributed by atoms with E-state index in [4.69, 9.17) is 15.4 Å². The molecule has 1 aromatic carbocycles. The number of ether oxygens (including phenoxy) is 1. The molecule has 1 aromatic rings. The van der Waals surface area contributed by atoms with Crippen molar-refractivity contribution in [2.45, 2.75) is 12.5 Å². The van der Waals surface area contributed by atoms with Crippen LogP contribution in [0.1, 0.15) is 12.5 Å². The molecule has 90 valence electrons. The highest BCUT2D eigenvalue weighted by Crippen LogP contribution is 2.29.